The van der Waals surface area contributed by atoms with Crippen LogP contribution in [0.15, 0.2) is 11.1 Å². The van der Waals surface area contributed by atoms with E-state index in [1.807, 2.05) is 0 Å². The molecule has 2 nitrogen and oxygen atoms in total. The van der Waals surface area contributed by atoms with Crippen molar-refractivity contribution in [3.05, 3.63) is 11.1 Å². The number of hydrogen-bond donors (Lipinski definition) is 1. The Hall–Kier alpha value is 0.140. The first-order valence-electron chi connectivity index (χ1n) is 4.95. The van der Waals surface area contributed by atoms with Gasteiger partial charge in [0.15, 0.2) is 0 Å². The van der Waals surface area contributed by atoms with E-state index in [1.54, 1.807) is 0 Å². The lowest BCUT2D eigenvalue weighted by atomic mass is 9.72. The molecule has 3 heteroatoms. The summed E-state index contributed by atoms with van der Waals surface area (Å²) in [4.78, 5) is 0. The van der Waals surface area contributed by atoms with Gasteiger partial charge in [-0.05, 0) is 19.3 Å². The number of nitrogens with one attached hydrogen (secondary N) is 1. The molecule has 0 aromatic heterocycles. The third-order valence-corrected chi connectivity index (χ3v) is 3.33. The van der Waals surface area contributed by atoms with Gasteiger partial charge in [-0.1, -0.05) is 22.5 Å². The number of rotatable bonds is 3. The van der Waals surface area contributed by atoms with Crippen molar-refractivity contribution in [3.8, 4) is 0 Å². The van der Waals surface area contributed by atoms with Gasteiger partial charge < -0.3 is 10.1 Å². The van der Waals surface area contributed by atoms with Gasteiger partial charge in [0, 0.05) is 29.6 Å². The molecule has 0 aromatic rings. The lowest BCUT2D eigenvalue weighted by Crippen LogP contribution is -2.56. The Morgan fingerprint density at radius 3 is 3.15 bits per heavy atom. The minimum absolute atomic E-state index is 0.551. The topological polar surface area (TPSA) is 21.3 Å². The monoisotopic (exact) mass is 245 g/mol. The molecule has 1 N–H and O–H groups in total. The largest absolute Gasteiger partial charge is 0.378 e. The second-order valence-corrected chi connectivity index (χ2v) is 5.08. The molecule has 2 rings (SSSR count). The fourth-order valence-electron chi connectivity index (χ4n) is 2.27. The molecule has 3 atom stereocenters. The summed E-state index contributed by atoms with van der Waals surface area (Å²) in [5.74, 6) is 0.764. The van der Waals surface area contributed by atoms with Crippen LogP contribution in [0, 0.1) is 5.92 Å². The first-order chi connectivity index (χ1) is 6.27. The highest BCUT2D eigenvalue weighted by Gasteiger charge is 2.42. The minimum Gasteiger partial charge on any atom is -0.378 e. The highest BCUT2D eigenvalue weighted by atomic mass is 79.9. The zero-order valence-corrected chi connectivity index (χ0v) is 9.35. The van der Waals surface area contributed by atoms with Crippen molar-refractivity contribution in [2.75, 3.05) is 13.2 Å². The molecular formula is C10H16BrNO. The van der Waals surface area contributed by atoms with Crippen molar-refractivity contribution < 1.29 is 4.74 Å². The van der Waals surface area contributed by atoms with Crippen LogP contribution in [-0.4, -0.2) is 25.3 Å². The average Bonchev–Trinajstić information content (AvgIpc) is 2.06. The summed E-state index contributed by atoms with van der Waals surface area (Å²) in [6.07, 6.45) is 4.30. The zero-order valence-electron chi connectivity index (χ0n) is 7.76. The third-order valence-electron chi connectivity index (χ3n) is 3.05. The van der Waals surface area contributed by atoms with Gasteiger partial charge in [-0.2, -0.15) is 0 Å². The van der Waals surface area contributed by atoms with Gasteiger partial charge in [-0.25, -0.2) is 0 Å². The molecule has 74 valence electrons. The molecule has 2 fully saturated rings. The molecule has 0 amide bonds. The summed E-state index contributed by atoms with van der Waals surface area (Å²) in [7, 11) is 0. The third kappa shape index (κ3) is 2.14. The van der Waals surface area contributed by atoms with Crippen molar-refractivity contribution in [2.45, 2.75) is 31.4 Å². The van der Waals surface area contributed by atoms with Crippen LogP contribution in [0.5, 0.6) is 0 Å². The van der Waals surface area contributed by atoms with E-state index >= 15 is 0 Å². The molecule has 0 radical (unpaired) electrons. The van der Waals surface area contributed by atoms with E-state index in [9.17, 15) is 0 Å². The number of hydrogen-bond acceptors (Lipinski definition) is 2. The maximum absolute atomic E-state index is 5.64. The molecule has 0 aromatic carbocycles. The predicted octanol–water partition coefficient (Wildman–Crippen LogP) is 2.05. The Balaban J connectivity index is 1.74. The molecule has 1 heterocycles. The van der Waals surface area contributed by atoms with Crippen molar-refractivity contribution in [3.63, 3.8) is 0 Å². The summed E-state index contributed by atoms with van der Waals surface area (Å²) >= 11 is 3.36. The van der Waals surface area contributed by atoms with E-state index in [-0.39, 0.29) is 0 Å². The van der Waals surface area contributed by atoms with E-state index in [2.05, 4.69) is 27.8 Å². The zero-order chi connectivity index (χ0) is 9.26. The second-order valence-electron chi connectivity index (χ2n) is 3.96. The van der Waals surface area contributed by atoms with Crippen LogP contribution in [0.2, 0.25) is 0 Å². The molecule has 2 aliphatic rings. The Morgan fingerprint density at radius 2 is 2.46 bits per heavy atom. The quantitative estimate of drug-likeness (QED) is 0.822. The molecule has 1 aliphatic heterocycles. The normalized spacial score (nSPS) is 37.8. The van der Waals surface area contributed by atoms with Crippen LogP contribution < -0.4 is 5.32 Å². The van der Waals surface area contributed by atoms with Crippen LogP contribution in [0.3, 0.4) is 0 Å². The highest BCUT2D eigenvalue weighted by Crippen LogP contribution is 2.37. The molecule has 13 heavy (non-hydrogen) atoms. The van der Waals surface area contributed by atoms with E-state index in [0.29, 0.717) is 12.1 Å². The fourth-order valence-corrected chi connectivity index (χ4v) is 2.43. The highest BCUT2D eigenvalue weighted by molar-refractivity contribution is 9.11. The Labute approximate surface area is 87.9 Å². The van der Waals surface area contributed by atoms with Crippen molar-refractivity contribution in [1.82, 2.24) is 5.32 Å². The van der Waals surface area contributed by atoms with Gasteiger partial charge in [0.2, 0.25) is 0 Å². The van der Waals surface area contributed by atoms with Crippen LogP contribution >= 0.6 is 15.9 Å². The van der Waals surface area contributed by atoms with E-state index in [1.165, 1.54) is 19.3 Å². The molecule has 0 bridgehead atoms. The summed E-state index contributed by atoms with van der Waals surface area (Å²) in [6.45, 7) is 5.67. The Bertz CT molecular complexity index is 207. The summed E-state index contributed by atoms with van der Waals surface area (Å²) < 4.78 is 6.67. The van der Waals surface area contributed by atoms with Crippen molar-refractivity contribution in [2.24, 2.45) is 5.92 Å². The second kappa shape index (κ2) is 4.11. The van der Waals surface area contributed by atoms with Gasteiger partial charge in [0.25, 0.3) is 0 Å². The van der Waals surface area contributed by atoms with E-state index in [4.69, 9.17) is 4.74 Å². The maximum Gasteiger partial charge on any atom is 0.0633 e. The van der Waals surface area contributed by atoms with Crippen LogP contribution in [0.4, 0.5) is 0 Å². The van der Waals surface area contributed by atoms with Crippen LogP contribution in [0.1, 0.15) is 19.3 Å². The van der Waals surface area contributed by atoms with E-state index < -0.39 is 0 Å². The summed E-state index contributed by atoms with van der Waals surface area (Å²) in [5, 5.41) is 3.49. The Morgan fingerprint density at radius 1 is 1.62 bits per heavy atom. The van der Waals surface area contributed by atoms with Gasteiger partial charge in [0.05, 0.1) is 6.10 Å². The van der Waals surface area contributed by atoms with Gasteiger partial charge in [0.1, 0.15) is 0 Å². The SMILES string of the molecule is C=C(Br)CNC1CC2OCCCC12. The minimum atomic E-state index is 0.551. The van der Waals surface area contributed by atoms with Crippen LogP contribution in [0.25, 0.3) is 0 Å². The molecule has 1 saturated carbocycles. The first-order valence-corrected chi connectivity index (χ1v) is 5.75. The van der Waals surface area contributed by atoms with Gasteiger partial charge in [-0.15, -0.1) is 0 Å². The van der Waals surface area contributed by atoms with Crippen molar-refractivity contribution in [1.29, 1.82) is 0 Å². The molecule has 1 aliphatic carbocycles. The van der Waals surface area contributed by atoms with Gasteiger partial charge in [-0.3, -0.25) is 0 Å². The molecule has 0 spiro atoms. The maximum atomic E-state index is 5.64. The smallest absolute Gasteiger partial charge is 0.0633 e. The number of ether oxygens (including phenoxy) is 1. The van der Waals surface area contributed by atoms with Crippen molar-refractivity contribution >= 4 is 15.9 Å². The summed E-state index contributed by atoms with van der Waals surface area (Å²) in [6, 6.07) is 0.666. The molecule has 1 saturated heterocycles. The standard InChI is InChI=1S/C10H16BrNO/c1-7(11)6-12-9-5-10-8(9)3-2-4-13-10/h8-10,12H,1-6H2. The molecular weight excluding hydrogens is 230 g/mol. The predicted molar refractivity (Wildman–Crippen MR) is 56.9 cm³/mol. The summed E-state index contributed by atoms with van der Waals surface area (Å²) in [5.41, 5.74) is 0. The number of fused-ring (bicyclic) bond motifs is 1. The average molecular weight is 246 g/mol. The van der Waals surface area contributed by atoms with E-state index in [0.717, 1.165) is 23.6 Å². The first kappa shape index (κ1) is 9.69. The Kier molecular flexibility index (Phi) is 3.06. The fraction of sp³-hybridized carbons (Fsp3) is 0.800. The lowest BCUT2D eigenvalue weighted by molar-refractivity contribution is -0.102. The van der Waals surface area contributed by atoms with Crippen LogP contribution in [-0.2, 0) is 4.74 Å². The number of halogens is 1. The lowest BCUT2D eigenvalue weighted by Gasteiger charge is -2.47. The van der Waals surface area contributed by atoms with Gasteiger partial charge >= 0.3 is 0 Å². The molecule has 3 unspecified atom stereocenters.